The molecule has 0 amide bonds. The Morgan fingerprint density at radius 1 is 1.24 bits per heavy atom. The summed E-state index contributed by atoms with van der Waals surface area (Å²) < 4.78 is 1.96. The number of nitrogens with zero attached hydrogens (tertiary/aromatic N) is 2. The number of benzene rings is 1. The monoisotopic (exact) mass is 325 g/mol. The normalized spacial score (nSPS) is 12.6. The first kappa shape index (κ1) is 16.3. The van der Waals surface area contributed by atoms with Crippen molar-refractivity contribution in [1.29, 1.82) is 0 Å². The summed E-state index contributed by atoms with van der Waals surface area (Å²) >= 11 is 12.5. The van der Waals surface area contributed by atoms with Crippen molar-refractivity contribution in [3.63, 3.8) is 0 Å². The maximum absolute atomic E-state index is 6.42. The van der Waals surface area contributed by atoms with Crippen molar-refractivity contribution < 1.29 is 0 Å². The van der Waals surface area contributed by atoms with E-state index < -0.39 is 0 Å². The van der Waals surface area contributed by atoms with Gasteiger partial charge in [-0.05, 0) is 18.9 Å². The third-order valence-corrected chi connectivity index (χ3v) is 4.31. The number of hydrogen-bond donors (Lipinski definition) is 1. The van der Waals surface area contributed by atoms with Gasteiger partial charge in [-0.2, -0.15) is 5.10 Å². The summed E-state index contributed by atoms with van der Waals surface area (Å²) in [4.78, 5) is 0. The van der Waals surface area contributed by atoms with Gasteiger partial charge in [-0.15, -0.1) is 11.6 Å². The van der Waals surface area contributed by atoms with Crippen molar-refractivity contribution >= 4 is 23.2 Å². The Morgan fingerprint density at radius 2 is 1.95 bits per heavy atom. The Hall–Kier alpha value is -1.03. The van der Waals surface area contributed by atoms with Gasteiger partial charge >= 0.3 is 0 Å². The van der Waals surface area contributed by atoms with Crippen LogP contribution in [-0.2, 0) is 19.5 Å². The van der Waals surface area contributed by atoms with Gasteiger partial charge < -0.3 is 5.32 Å². The van der Waals surface area contributed by atoms with Gasteiger partial charge in [-0.25, -0.2) is 0 Å². The van der Waals surface area contributed by atoms with Gasteiger partial charge in [-0.3, -0.25) is 4.68 Å². The zero-order chi connectivity index (χ0) is 15.2. The van der Waals surface area contributed by atoms with Crippen molar-refractivity contribution in [1.82, 2.24) is 15.1 Å². The number of hydrogen-bond acceptors (Lipinski definition) is 2. The highest BCUT2D eigenvalue weighted by molar-refractivity contribution is 6.31. The summed E-state index contributed by atoms with van der Waals surface area (Å²) in [6.45, 7) is 5.61. The van der Waals surface area contributed by atoms with Crippen molar-refractivity contribution in [2.24, 2.45) is 0 Å². The quantitative estimate of drug-likeness (QED) is 0.773. The minimum Gasteiger partial charge on any atom is -0.303 e. The van der Waals surface area contributed by atoms with Crippen LogP contribution in [0.1, 0.15) is 36.8 Å². The van der Waals surface area contributed by atoms with Crippen LogP contribution >= 0.6 is 23.2 Å². The van der Waals surface area contributed by atoms with Crippen LogP contribution in [0.2, 0.25) is 5.02 Å². The first-order chi connectivity index (χ1) is 10.2. The number of aryl methyl sites for hydroxylation is 2. The fourth-order valence-electron chi connectivity index (χ4n) is 2.35. The maximum atomic E-state index is 6.42. The molecule has 0 radical (unpaired) electrons. The van der Waals surface area contributed by atoms with E-state index in [1.807, 2.05) is 22.9 Å². The molecule has 1 aromatic carbocycles. The molecule has 0 fully saturated rings. The van der Waals surface area contributed by atoms with Crippen LogP contribution in [0, 0.1) is 0 Å². The van der Waals surface area contributed by atoms with E-state index in [1.165, 1.54) is 5.56 Å². The van der Waals surface area contributed by atoms with E-state index in [1.54, 1.807) is 0 Å². The second-order valence-electron chi connectivity index (χ2n) is 4.88. The van der Waals surface area contributed by atoms with E-state index in [0.717, 1.165) is 29.4 Å². The summed E-state index contributed by atoms with van der Waals surface area (Å²) in [6, 6.07) is 10.3. The van der Waals surface area contributed by atoms with Crippen LogP contribution < -0.4 is 5.32 Å². The van der Waals surface area contributed by atoms with Crippen molar-refractivity contribution in [3.05, 3.63) is 52.3 Å². The number of aromatic nitrogens is 2. The molecule has 2 aromatic rings. The molecule has 0 aliphatic carbocycles. The van der Waals surface area contributed by atoms with Crippen LogP contribution in [-0.4, -0.2) is 15.7 Å². The third kappa shape index (κ3) is 3.79. The topological polar surface area (TPSA) is 29.9 Å². The fraction of sp³-hybridized carbons (Fsp3) is 0.438. The molecule has 0 aliphatic heterocycles. The highest BCUT2D eigenvalue weighted by Crippen LogP contribution is 2.23. The van der Waals surface area contributed by atoms with Gasteiger partial charge in [0.1, 0.15) is 0 Å². The highest BCUT2D eigenvalue weighted by Gasteiger charge is 2.16. The van der Waals surface area contributed by atoms with Crippen LogP contribution in [0.4, 0.5) is 0 Å². The summed E-state index contributed by atoms with van der Waals surface area (Å²) in [6.07, 6.45) is 0.844. The van der Waals surface area contributed by atoms with Crippen molar-refractivity contribution in [3.8, 4) is 0 Å². The molecule has 1 N–H and O–H groups in total. The number of nitrogens with one attached hydrogen (secondary N) is 1. The molecule has 0 saturated heterocycles. The number of alkyl halides is 1. The van der Waals surface area contributed by atoms with E-state index in [0.29, 0.717) is 12.4 Å². The summed E-state index contributed by atoms with van der Waals surface area (Å²) in [7, 11) is 0. The molecule has 1 aromatic heterocycles. The molecule has 1 atom stereocenters. The van der Waals surface area contributed by atoms with Crippen LogP contribution in [0.5, 0.6) is 0 Å². The minimum absolute atomic E-state index is 0.106. The zero-order valence-corrected chi connectivity index (χ0v) is 14.0. The Bertz CT molecular complexity index is 566. The Balaban J connectivity index is 2.13. The molecular weight excluding hydrogens is 305 g/mol. The largest absolute Gasteiger partial charge is 0.303 e. The zero-order valence-electron chi connectivity index (χ0n) is 12.4. The van der Waals surface area contributed by atoms with E-state index in [4.69, 9.17) is 23.2 Å². The number of rotatable bonds is 7. The predicted octanol–water partition coefficient (Wildman–Crippen LogP) is 4.19. The van der Waals surface area contributed by atoms with Gasteiger partial charge in [0.25, 0.3) is 0 Å². The smallest absolute Gasteiger partial charge is 0.0863 e. The highest BCUT2D eigenvalue weighted by atomic mass is 35.5. The molecule has 2 rings (SSSR count). The molecule has 0 saturated carbocycles. The summed E-state index contributed by atoms with van der Waals surface area (Å²) in [5, 5.41) is 8.78. The molecule has 0 bridgehead atoms. The average molecular weight is 326 g/mol. The molecule has 0 aliphatic rings. The molecular formula is C16H21Cl2N3. The van der Waals surface area contributed by atoms with Crippen molar-refractivity contribution in [2.75, 3.05) is 5.88 Å². The average Bonchev–Trinajstić information content (AvgIpc) is 2.84. The van der Waals surface area contributed by atoms with Crippen molar-refractivity contribution in [2.45, 2.75) is 39.4 Å². The third-order valence-electron chi connectivity index (χ3n) is 3.57. The SMILES string of the molecule is CCc1nn(CC)c(CNC(CCl)c2ccccc2)c1Cl. The molecule has 1 unspecified atom stereocenters. The molecule has 114 valence electrons. The first-order valence-corrected chi connectivity index (χ1v) is 8.20. The van der Waals surface area contributed by atoms with Crippen LogP contribution in [0.3, 0.4) is 0 Å². The lowest BCUT2D eigenvalue weighted by Gasteiger charge is -2.17. The van der Waals surface area contributed by atoms with E-state index in [9.17, 15) is 0 Å². The number of halogens is 2. The minimum atomic E-state index is 0.106. The Morgan fingerprint density at radius 3 is 2.52 bits per heavy atom. The fourth-order valence-corrected chi connectivity index (χ4v) is 2.98. The predicted molar refractivity (Wildman–Crippen MR) is 89.0 cm³/mol. The molecule has 21 heavy (non-hydrogen) atoms. The van der Waals surface area contributed by atoms with Crippen LogP contribution in [0.15, 0.2) is 30.3 Å². The standard InChI is InChI=1S/C16H21Cl2N3/c1-3-13-16(18)15(21(4-2)20-13)11-19-14(10-17)12-8-6-5-7-9-12/h5-9,14,19H,3-4,10-11H2,1-2H3. The van der Waals surface area contributed by atoms with E-state index >= 15 is 0 Å². The second kappa shape index (κ2) is 7.83. The Kier molecular flexibility index (Phi) is 6.09. The van der Waals surface area contributed by atoms with Gasteiger partial charge in [0, 0.05) is 25.0 Å². The molecule has 5 heteroatoms. The summed E-state index contributed by atoms with van der Waals surface area (Å²) in [5.74, 6) is 0.516. The lowest BCUT2D eigenvalue weighted by Crippen LogP contribution is -2.24. The molecule has 0 spiro atoms. The van der Waals surface area contributed by atoms with Crippen LogP contribution in [0.25, 0.3) is 0 Å². The summed E-state index contributed by atoms with van der Waals surface area (Å²) in [5.41, 5.74) is 3.17. The van der Waals surface area contributed by atoms with Gasteiger partial charge in [0.2, 0.25) is 0 Å². The lowest BCUT2D eigenvalue weighted by atomic mass is 10.1. The van der Waals surface area contributed by atoms with E-state index in [-0.39, 0.29) is 6.04 Å². The maximum Gasteiger partial charge on any atom is 0.0863 e. The first-order valence-electron chi connectivity index (χ1n) is 7.29. The van der Waals surface area contributed by atoms with Gasteiger partial charge in [0.15, 0.2) is 0 Å². The van der Waals surface area contributed by atoms with Gasteiger partial charge in [0.05, 0.1) is 16.4 Å². The lowest BCUT2D eigenvalue weighted by molar-refractivity contribution is 0.533. The van der Waals surface area contributed by atoms with Gasteiger partial charge in [-0.1, -0.05) is 48.9 Å². The second-order valence-corrected chi connectivity index (χ2v) is 5.56. The molecule has 1 heterocycles. The van der Waals surface area contributed by atoms with E-state index in [2.05, 4.69) is 36.4 Å². The Labute approximate surface area is 136 Å². The molecule has 3 nitrogen and oxygen atoms in total.